The summed E-state index contributed by atoms with van der Waals surface area (Å²) in [6.45, 7) is 6.69. The highest BCUT2D eigenvalue weighted by atomic mass is 16.6. The molecule has 2 rings (SSSR count). The van der Waals surface area contributed by atoms with Crippen molar-refractivity contribution < 1.29 is 24.2 Å². The summed E-state index contributed by atoms with van der Waals surface area (Å²) in [7, 11) is 0. The van der Waals surface area contributed by atoms with Gasteiger partial charge in [0.1, 0.15) is 5.60 Å². The monoisotopic (exact) mass is 312 g/mol. The molecule has 0 saturated carbocycles. The van der Waals surface area contributed by atoms with Crippen LogP contribution in [0.1, 0.15) is 40.0 Å². The molecule has 2 atom stereocenters. The third kappa shape index (κ3) is 3.90. The predicted octanol–water partition coefficient (Wildman–Crippen LogP) is 1.32. The molecule has 0 bridgehead atoms. The Morgan fingerprint density at radius 1 is 1.36 bits per heavy atom. The van der Waals surface area contributed by atoms with Crippen molar-refractivity contribution in [3.8, 4) is 0 Å². The van der Waals surface area contributed by atoms with Gasteiger partial charge in [-0.25, -0.2) is 4.79 Å². The van der Waals surface area contributed by atoms with Crippen LogP contribution in [0, 0.1) is 5.92 Å². The van der Waals surface area contributed by atoms with Gasteiger partial charge < -0.3 is 19.6 Å². The molecular weight excluding hydrogens is 288 g/mol. The molecule has 1 unspecified atom stereocenters. The molecule has 0 aromatic carbocycles. The minimum Gasteiger partial charge on any atom is -0.481 e. The summed E-state index contributed by atoms with van der Waals surface area (Å²) in [5, 5.41) is 9.01. The molecule has 0 aromatic rings. The van der Waals surface area contributed by atoms with E-state index < -0.39 is 17.5 Å². The summed E-state index contributed by atoms with van der Waals surface area (Å²) in [4.78, 5) is 38.3. The molecule has 22 heavy (non-hydrogen) atoms. The molecule has 2 saturated heterocycles. The van der Waals surface area contributed by atoms with Crippen LogP contribution in [-0.2, 0) is 14.3 Å². The fraction of sp³-hybridized carbons (Fsp3) is 0.800. The maximum atomic E-state index is 12.2. The number of carbonyl (C=O) groups excluding carboxylic acids is 2. The Morgan fingerprint density at radius 2 is 2.05 bits per heavy atom. The van der Waals surface area contributed by atoms with Crippen LogP contribution < -0.4 is 0 Å². The molecule has 0 aromatic heterocycles. The summed E-state index contributed by atoms with van der Waals surface area (Å²) >= 11 is 0. The number of hydrogen-bond donors (Lipinski definition) is 1. The number of nitrogens with zero attached hydrogens (tertiary/aromatic N) is 2. The zero-order valence-electron chi connectivity index (χ0n) is 13.4. The Morgan fingerprint density at radius 3 is 2.59 bits per heavy atom. The maximum Gasteiger partial charge on any atom is 0.410 e. The number of carboxylic acids is 1. The molecule has 7 nitrogen and oxygen atoms in total. The number of carbonyl (C=O) groups is 3. The zero-order valence-corrected chi connectivity index (χ0v) is 13.4. The number of rotatable bonds is 3. The van der Waals surface area contributed by atoms with Crippen molar-refractivity contribution in [2.45, 2.75) is 51.7 Å². The molecule has 0 aliphatic carbocycles. The zero-order chi connectivity index (χ0) is 16.5. The van der Waals surface area contributed by atoms with E-state index >= 15 is 0 Å². The molecular formula is C15H24N2O5. The lowest BCUT2D eigenvalue weighted by Crippen LogP contribution is -2.45. The molecule has 0 radical (unpaired) electrons. The SMILES string of the molecule is CC(C)(C)OC(=O)N1CCC[C@@H]1CN1CC(C(=O)O)CC1=O. The van der Waals surface area contributed by atoms with Crippen molar-refractivity contribution >= 4 is 18.0 Å². The number of ether oxygens (including phenoxy) is 1. The van der Waals surface area contributed by atoms with E-state index in [1.54, 1.807) is 9.80 Å². The average Bonchev–Trinajstić information content (AvgIpc) is 2.95. The first-order valence-electron chi connectivity index (χ1n) is 7.67. The first-order chi connectivity index (χ1) is 10.2. The van der Waals surface area contributed by atoms with E-state index in [0.29, 0.717) is 13.1 Å². The Balaban J connectivity index is 1.96. The summed E-state index contributed by atoms with van der Waals surface area (Å²) in [5.41, 5.74) is -0.553. The number of carboxylic acid groups (broad SMARTS) is 1. The Bertz CT molecular complexity index is 471. The van der Waals surface area contributed by atoms with Gasteiger partial charge in [0.05, 0.1) is 12.0 Å². The Kier molecular flexibility index (Phi) is 4.63. The average molecular weight is 312 g/mol. The van der Waals surface area contributed by atoms with Crippen molar-refractivity contribution in [1.82, 2.24) is 9.80 Å². The van der Waals surface area contributed by atoms with Crippen LogP contribution in [-0.4, -0.2) is 64.2 Å². The van der Waals surface area contributed by atoms with Crippen LogP contribution in [0.3, 0.4) is 0 Å². The quantitative estimate of drug-likeness (QED) is 0.849. The number of likely N-dealkylation sites (tertiary alicyclic amines) is 2. The van der Waals surface area contributed by atoms with Crippen molar-refractivity contribution in [2.75, 3.05) is 19.6 Å². The summed E-state index contributed by atoms with van der Waals surface area (Å²) < 4.78 is 5.39. The van der Waals surface area contributed by atoms with E-state index in [0.717, 1.165) is 12.8 Å². The van der Waals surface area contributed by atoms with Crippen LogP contribution in [0.25, 0.3) is 0 Å². The third-order valence-corrected chi connectivity index (χ3v) is 4.00. The van der Waals surface area contributed by atoms with E-state index in [1.807, 2.05) is 20.8 Å². The highest BCUT2D eigenvalue weighted by Gasteiger charge is 2.39. The van der Waals surface area contributed by atoms with Gasteiger partial charge in [0.25, 0.3) is 0 Å². The number of hydrogen-bond acceptors (Lipinski definition) is 4. The third-order valence-electron chi connectivity index (χ3n) is 4.00. The van der Waals surface area contributed by atoms with Gasteiger partial charge in [0.15, 0.2) is 0 Å². The van der Waals surface area contributed by atoms with Crippen molar-refractivity contribution in [3.05, 3.63) is 0 Å². The van der Waals surface area contributed by atoms with Gasteiger partial charge in [-0.3, -0.25) is 9.59 Å². The fourth-order valence-corrected chi connectivity index (χ4v) is 2.95. The molecule has 7 heteroatoms. The normalized spacial score (nSPS) is 25.7. The molecule has 124 valence electrons. The van der Waals surface area contributed by atoms with Gasteiger partial charge in [-0.05, 0) is 33.6 Å². The van der Waals surface area contributed by atoms with Gasteiger partial charge in [-0.15, -0.1) is 0 Å². The predicted molar refractivity (Wildman–Crippen MR) is 78.3 cm³/mol. The van der Waals surface area contributed by atoms with Crippen LogP contribution in [0.2, 0.25) is 0 Å². The first-order valence-corrected chi connectivity index (χ1v) is 7.67. The lowest BCUT2D eigenvalue weighted by atomic mass is 10.1. The second-order valence-corrected chi connectivity index (χ2v) is 7.01. The Hall–Kier alpha value is -1.79. The molecule has 2 aliphatic rings. The van der Waals surface area contributed by atoms with Crippen molar-refractivity contribution in [2.24, 2.45) is 5.92 Å². The van der Waals surface area contributed by atoms with Gasteiger partial charge in [-0.2, -0.15) is 0 Å². The standard InChI is InChI=1S/C15H24N2O5/c1-15(2,3)22-14(21)17-6-4-5-11(17)9-16-8-10(13(19)20)7-12(16)18/h10-11H,4-9H2,1-3H3,(H,19,20)/t10?,11-/m1/s1. The van der Waals surface area contributed by atoms with Crippen LogP contribution >= 0.6 is 0 Å². The van der Waals surface area contributed by atoms with Gasteiger partial charge in [0.2, 0.25) is 5.91 Å². The van der Waals surface area contributed by atoms with Gasteiger partial charge in [-0.1, -0.05) is 0 Å². The molecule has 0 spiro atoms. The maximum absolute atomic E-state index is 12.2. The van der Waals surface area contributed by atoms with Crippen LogP contribution in [0.15, 0.2) is 0 Å². The topological polar surface area (TPSA) is 87.2 Å². The van der Waals surface area contributed by atoms with E-state index in [-0.39, 0.29) is 31.0 Å². The molecule has 1 N–H and O–H groups in total. The summed E-state index contributed by atoms with van der Waals surface area (Å²) in [6, 6.07) is -0.0913. The first kappa shape index (κ1) is 16.6. The highest BCUT2D eigenvalue weighted by molar-refractivity contribution is 5.86. The van der Waals surface area contributed by atoms with Gasteiger partial charge in [0, 0.05) is 26.1 Å². The van der Waals surface area contributed by atoms with Crippen LogP contribution in [0.4, 0.5) is 4.79 Å². The lowest BCUT2D eigenvalue weighted by Gasteiger charge is -2.30. The second kappa shape index (κ2) is 6.14. The van der Waals surface area contributed by atoms with E-state index in [4.69, 9.17) is 9.84 Å². The summed E-state index contributed by atoms with van der Waals surface area (Å²) in [6.07, 6.45) is 1.36. The molecule has 2 fully saturated rings. The van der Waals surface area contributed by atoms with Crippen LogP contribution in [0.5, 0.6) is 0 Å². The van der Waals surface area contributed by atoms with Gasteiger partial charge >= 0.3 is 12.1 Å². The fourth-order valence-electron chi connectivity index (χ4n) is 2.95. The largest absolute Gasteiger partial charge is 0.481 e. The second-order valence-electron chi connectivity index (χ2n) is 7.01. The Labute approximate surface area is 130 Å². The van der Waals surface area contributed by atoms with Crippen molar-refractivity contribution in [3.63, 3.8) is 0 Å². The molecule has 2 heterocycles. The minimum absolute atomic E-state index is 0.0501. The summed E-state index contributed by atoms with van der Waals surface area (Å²) in [5.74, 6) is -1.72. The van der Waals surface area contributed by atoms with Crippen molar-refractivity contribution in [1.29, 1.82) is 0 Å². The number of amides is 2. The van der Waals surface area contributed by atoms with E-state index in [2.05, 4.69) is 0 Å². The molecule has 2 amide bonds. The smallest absolute Gasteiger partial charge is 0.410 e. The molecule has 2 aliphatic heterocycles. The highest BCUT2D eigenvalue weighted by Crippen LogP contribution is 2.25. The number of aliphatic carboxylic acids is 1. The van der Waals surface area contributed by atoms with E-state index in [9.17, 15) is 14.4 Å². The minimum atomic E-state index is -0.939. The van der Waals surface area contributed by atoms with E-state index in [1.165, 1.54) is 0 Å². The lowest BCUT2D eigenvalue weighted by molar-refractivity contribution is -0.141.